The lowest BCUT2D eigenvalue weighted by atomic mass is 10.3. The molecule has 0 N–H and O–H groups in total. The van der Waals surface area contributed by atoms with Crippen LogP contribution in [0.1, 0.15) is 5.69 Å². The normalized spacial score (nSPS) is 10.3. The van der Waals surface area contributed by atoms with Gasteiger partial charge in [-0.25, -0.2) is 0 Å². The maximum atomic E-state index is 5.62. The summed E-state index contributed by atoms with van der Waals surface area (Å²) in [7, 11) is 3.45. The summed E-state index contributed by atoms with van der Waals surface area (Å²) in [5, 5.41) is 7.78. The van der Waals surface area contributed by atoms with E-state index >= 15 is 0 Å². The molecule has 2 aromatic rings. The first-order valence-electron chi connectivity index (χ1n) is 5.00. The number of aromatic nitrogens is 3. The minimum Gasteiger partial charge on any atom is -0.497 e. The second-order valence-corrected chi connectivity index (χ2v) is 4.32. The third-order valence-corrected chi connectivity index (χ3v) is 2.78. The molecule has 0 amide bonds. The molecule has 6 heteroatoms. The molecule has 1 aromatic carbocycles. The lowest BCUT2D eigenvalue weighted by Gasteiger charge is -2.07. The summed E-state index contributed by atoms with van der Waals surface area (Å²) in [6.07, 6.45) is 1.82. The average molecular weight is 298 g/mol. The lowest BCUT2D eigenvalue weighted by molar-refractivity contribution is 0.298. The number of hydrogen-bond donors (Lipinski definition) is 0. The average Bonchev–Trinajstić information content (AvgIpc) is 2.73. The van der Waals surface area contributed by atoms with Gasteiger partial charge in [-0.15, -0.1) is 5.10 Å². The van der Waals surface area contributed by atoms with Crippen molar-refractivity contribution in [3.8, 4) is 11.5 Å². The van der Waals surface area contributed by atoms with Gasteiger partial charge in [0.1, 0.15) is 23.8 Å². The summed E-state index contributed by atoms with van der Waals surface area (Å²) in [4.78, 5) is 0. The highest BCUT2D eigenvalue weighted by atomic mass is 79.9. The van der Waals surface area contributed by atoms with Crippen LogP contribution in [0.2, 0.25) is 0 Å². The number of methoxy groups -OCH3 is 1. The number of aryl methyl sites for hydroxylation is 1. The van der Waals surface area contributed by atoms with Gasteiger partial charge in [0.15, 0.2) is 0 Å². The van der Waals surface area contributed by atoms with E-state index in [2.05, 4.69) is 26.2 Å². The van der Waals surface area contributed by atoms with Crippen LogP contribution >= 0.6 is 15.9 Å². The fraction of sp³-hybridized carbons (Fsp3) is 0.273. The number of rotatable bonds is 4. The maximum Gasteiger partial charge on any atom is 0.134 e. The molecule has 90 valence electrons. The van der Waals surface area contributed by atoms with Crippen LogP contribution < -0.4 is 9.47 Å². The number of nitrogens with zero attached hydrogens (tertiary/aromatic N) is 3. The Morgan fingerprint density at radius 3 is 2.82 bits per heavy atom. The second kappa shape index (κ2) is 5.18. The molecule has 0 aliphatic carbocycles. The van der Waals surface area contributed by atoms with Crippen LogP contribution in [0.25, 0.3) is 0 Å². The molecular weight excluding hydrogens is 286 g/mol. The predicted octanol–water partition coefficient (Wildman–Crippen LogP) is 2.17. The van der Waals surface area contributed by atoms with Crippen LogP contribution in [-0.4, -0.2) is 22.1 Å². The summed E-state index contributed by atoms with van der Waals surface area (Å²) in [5.41, 5.74) is 0.787. The van der Waals surface area contributed by atoms with E-state index in [4.69, 9.17) is 9.47 Å². The van der Waals surface area contributed by atoms with Crippen molar-refractivity contribution >= 4 is 15.9 Å². The van der Waals surface area contributed by atoms with E-state index in [0.29, 0.717) is 6.61 Å². The Bertz CT molecular complexity index is 513. The SMILES string of the molecule is COc1ccc(OCc2cn(C)nn2)c(Br)c1. The molecular formula is C11H12BrN3O2. The highest BCUT2D eigenvalue weighted by Crippen LogP contribution is 2.29. The third-order valence-electron chi connectivity index (χ3n) is 2.16. The smallest absolute Gasteiger partial charge is 0.134 e. The van der Waals surface area contributed by atoms with Crippen molar-refractivity contribution in [1.29, 1.82) is 0 Å². The zero-order valence-electron chi connectivity index (χ0n) is 9.55. The van der Waals surface area contributed by atoms with Crippen molar-refractivity contribution in [1.82, 2.24) is 15.0 Å². The third kappa shape index (κ3) is 2.97. The van der Waals surface area contributed by atoms with E-state index in [0.717, 1.165) is 21.7 Å². The molecule has 0 saturated heterocycles. The molecule has 0 unspecified atom stereocenters. The Hall–Kier alpha value is -1.56. The molecule has 1 aromatic heterocycles. The van der Waals surface area contributed by atoms with Gasteiger partial charge in [0.25, 0.3) is 0 Å². The molecule has 0 radical (unpaired) electrons. The van der Waals surface area contributed by atoms with Gasteiger partial charge < -0.3 is 9.47 Å². The Morgan fingerprint density at radius 2 is 2.24 bits per heavy atom. The van der Waals surface area contributed by atoms with Gasteiger partial charge in [0.05, 0.1) is 17.8 Å². The largest absolute Gasteiger partial charge is 0.497 e. The first-order chi connectivity index (χ1) is 8.19. The Kier molecular flexibility index (Phi) is 3.63. The molecule has 1 heterocycles. The number of ether oxygens (including phenoxy) is 2. The van der Waals surface area contributed by atoms with E-state index in [1.54, 1.807) is 11.8 Å². The molecule has 0 aliphatic heterocycles. The van der Waals surface area contributed by atoms with E-state index in [1.807, 2.05) is 31.4 Å². The summed E-state index contributed by atoms with van der Waals surface area (Å²) in [5.74, 6) is 1.53. The standard InChI is InChI=1S/C11H12BrN3O2/c1-15-6-8(13-14-15)7-17-11-4-3-9(16-2)5-10(11)12/h3-6H,7H2,1-2H3. The molecule has 0 bridgehead atoms. The minimum atomic E-state index is 0.388. The van der Waals surface area contributed by atoms with Crippen LogP contribution in [0.5, 0.6) is 11.5 Å². The quantitative estimate of drug-likeness (QED) is 0.868. The van der Waals surface area contributed by atoms with Gasteiger partial charge in [0.2, 0.25) is 0 Å². The van der Waals surface area contributed by atoms with E-state index in [1.165, 1.54) is 0 Å². The fourth-order valence-corrected chi connectivity index (χ4v) is 1.81. The van der Waals surface area contributed by atoms with Crippen LogP contribution in [0.4, 0.5) is 0 Å². The molecule has 2 rings (SSSR count). The molecule has 0 fully saturated rings. The Labute approximate surface area is 107 Å². The van der Waals surface area contributed by atoms with Crippen molar-refractivity contribution in [2.24, 2.45) is 7.05 Å². The Morgan fingerprint density at radius 1 is 1.41 bits per heavy atom. The minimum absolute atomic E-state index is 0.388. The summed E-state index contributed by atoms with van der Waals surface area (Å²) in [6, 6.07) is 5.54. The van der Waals surface area contributed by atoms with E-state index in [9.17, 15) is 0 Å². The van der Waals surface area contributed by atoms with Crippen LogP contribution in [-0.2, 0) is 13.7 Å². The van der Waals surface area contributed by atoms with Crippen LogP contribution in [0.15, 0.2) is 28.9 Å². The number of halogens is 1. The van der Waals surface area contributed by atoms with Gasteiger partial charge in [-0.3, -0.25) is 4.68 Å². The van der Waals surface area contributed by atoms with Crippen molar-refractivity contribution in [3.05, 3.63) is 34.6 Å². The second-order valence-electron chi connectivity index (χ2n) is 3.47. The van der Waals surface area contributed by atoms with Gasteiger partial charge >= 0.3 is 0 Å². The molecule has 0 spiro atoms. The zero-order valence-corrected chi connectivity index (χ0v) is 11.1. The van der Waals surface area contributed by atoms with Crippen LogP contribution in [0, 0.1) is 0 Å². The summed E-state index contributed by atoms with van der Waals surface area (Å²) >= 11 is 3.42. The van der Waals surface area contributed by atoms with E-state index in [-0.39, 0.29) is 0 Å². The lowest BCUT2D eigenvalue weighted by Crippen LogP contribution is -1.96. The van der Waals surface area contributed by atoms with Crippen molar-refractivity contribution in [2.45, 2.75) is 6.61 Å². The first kappa shape index (κ1) is 11.9. The number of benzene rings is 1. The zero-order chi connectivity index (χ0) is 12.3. The Balaban J connectivity index is 2.04. The van der Waals surface area contributed by atoms with Gasteiger partial charge in [-0.05, 0) is 34.1 Å². The maximum absolute atomic E-state index is 5.62. The van der Waals surface area contributed by atoms with Gasteiger partial charge in [-0.1, -0.05) is 5.21 Å². The van der Waals surface area contributed by atoms with Crippen LogP contribution in [0.3, 0.4) is 0 Å². The number of hydrogen-bond acceptors (Lipinski definition) is 4. The van der Waals surface area contributed by atoms with Crippen molar-refractivity contribution < 1.29 is 9.47 Å². The van der Waals surface area contributed by atoms with Gasteiger partial charge in [-0.2, -0.15) is 0 Å². The highest BCUT2D eigenvalue weighted by Gasteiger charge is 2.05. The molecule has 17 heavy (non-hydrogen) atoms. The van der Waals surface area contributed by atoms with E-state index < -0.39 is 0 Å². The monoisotopic (exact) mass is 297 g/mol. The molecule has 0 saturated carbocycles. The first-order valence-corrected chi connectivity index (χ1v) is 5.80. The molecule has 0 atom stereocenters. The molecule has 5 nitrogen and oxygen atoms in total. The summed E-state index contributed by atoms with van der Waals surface area (Å²) in [6.45, 7) is 0.388. The van der Waals surface area contributed by atoms with Crippen molar-refractivity contribution in [3.63, 3.8) is 0 Å². The predicted molar refractivity (Wildman–Crippen MR) is 66.0 cm³/mol. The van der Waals surface area contributed by atoms with Crippen molar-refractivity contribution in [2.75, 3.05) is 7.11 Å². The molecule has 0 aliphatic rings. The van der Waals surface area contributed by atoms with Gasteiger partial charge in [0, 0.05) is 7.05 Å². The summed E-state index contributed by atoms with van der Waals surface area (Å²) < 4.78 is 13.2. The highest BCUT2D eigenvalue weighted by molar-refractivity contribution is 9.10. The topological polar surface area (TPSA) is 49.2 Å². The fourth-order valence-electron chi connectivity index (χ4n) is 1.34.